The first-order chi connectivity index (χ1) is 8.96. The number of pyridine rings is 1. The summed E-state index contributed by atoms with van der Waals surface area (Å²) in [6.07, 6.45) is 3.81. The summed E-state index contributed by atoms with van der Waals surface area (Å²) in [6.45, 7) is 1.10. The summed E-state index contributed by atoms with van der Waals surface area (Å²) in [4.78, 5) is 16.2. The van der Waals surface area contributed by atoms with E-state index in [1.165, 1.54) is 12.4 Å². The summed E-state index contributed by atoms with van der Waals surface area (Å²) in [6, 6.07) is 1.62. The minimum Gasteiger partial charge on any atom is -0.273 e. The summed E-state index contributed by atoms with van der Waals surface area (Å²) >= 11 is 0. The Labute approximate surface area is 110 Å². The van der Waals surface area contributed by atoms with Crippen LogP contribution in [-0.2, 0) is 20.2 Å². The minimum absolute atomic E-state index is 0.0973. The lowest BCUT2D eigenvalue weighted by molar-refractivity contribution is -0.127. The molecule has 3 N–H and O–H groups in total. The Morgan fingerprint density at radius 3 is 2.74 bits per heavy atom. The quantitative estimate of drug-likeness (QED) is 0.598. The average Bonchev–Trinajstić information content (AvgIpc) is 2.38. The zero-order chi connectivity index (χ0) is 13.7. The number of aromatic nitrogens is 1. The third-order valence-electron chi connectivity index (χ3n) is 3.90. The van der Waals surface area contributed by atoms with Crippen molar-refractivity contribution in [1.82, 2.24) is 14.7 Å². The molecule has 0 atom stereocenters. The number of rotatable bonds is 0. The first-order valence-electron chi connectivity index (χ1n) is 5.97. The van der Waals surface area contributed by atoms with E-state index >= 15 is 0 Å². The van der Waals surface area contributed by atoms with Crippen LogP contribution in [0.2, 0.25) is 0 Å². The molecule has 102 valence electrons. The van der Waals surface area contributed by atoms with Gasteiger partial charge in [-0.1, -0.05) is 0 Å². The molecule has 19 heavy (non-hydrogen) atoms. The van der Waals surface area contributed by atoms with Crippen molar-refractivity contribution in [3.05, 3.63) is 24.0 Å². The minimum atomic E-state index is -3.79. The van der Waals surface area contributed by atoms with Crippen molar-refractivity contribution >= 4 is 15.9 Å². The molecule has 2 aliphatic rings. The van der Waals surface area contributed by atoms with E-state index in [1.54, 1.807) is 11.1 Å². The normalized spacial score (nSPS) is 24.8. The number of nitrogens with two attached hydrogens (primary N) is 1. The number of carbonyl (C=O) groups is 1. The zero-order valence-corrected chi connectivity index (χ0v) is 11.0. The van der Waals surface area contributed by atoms with Crippen LogP contribution >= 0.6 is 0 Å². The van der Waals surface area contributed by atoms with Gasteiger partial charge in [0.25, 0.3) is 10.0 Å². The largest absolute Gasteiger partial charge is 0.273 e. The van der Waals surface area contributed by atoms with Crippen LogP contribution in [-0.4, -0.2) is 37.4 Å². The second-order valence-corrected chi connectivity index (χ2v) is 6.58. The number of hydrazine groups is 1. The zero-order valence-electron chi connectivity index (χ0n) is 10.2. The van der Waals surface area contributed by atoms with Gasteiger partial charge in [0.05, 0.1) is 5.41 Å². The number of nitrogens with zero attached hydrogens (tertiary/aromatic N) is 2. The number of sulfonamides is 1. The van der Waals surface area contributed by atoms with Crippen molar-refractivity contribution in [3.63, 3.8) is 0 Å². The van der Waals surface area contributed by atoms with Gasteiger partial charge in [0.1, 0.15) is 4.90 Å². The van der Waals surface area contributed by atoms with Crippen LogP contribution < -0.4 is 10.6 Å². The van der Waals surface area contributed by atoms with Gasteiger partial charge in [0.2, 0.25) is 5.91 Å². The fraction of sp³-hybridized carbons (Fsp3) is 0.455. The summed E-state index contributed by atoms with van der Waals surface area (Å²) < 4.78 is 26.1. The lowest BCUT2D eigenvalue weighted by Crippen LogP contribution is -2.57. The molecule has 1 amide bonds. The highest BCUT2D eigenvalue weighted by Crippen LogP contribution is 2.41. The molecule has 0 aliphatic carbocycles. The molecule has 1 fully saturated rings. The molecule has 1 aromatic rings. The molecule has 1 saturated heterocycles. The molecule has 0 radical (unpaired) electrons. The van der Waals surface area contributed by atoms with Gasteiger partial charge in [-0.3, -0.25) is 15.6 Å². The van der Waals surface area contributed by atoms with Crippen molar-refractivity contribution in [2.45, 2.75) is 23.2 Å². The molecule has 0 bridgehead atoms. The van der Waals surface area contributed by atoms with Crippen LogP contribution in [0.5, 0.6) is 0 Å². The lowest BCUT2D eigenvalue weighted by atomic mass is 9.72. The van der Waals surface area contributed by atoms with Crippen LogP contribution in [0, 0.1) is 0 Å². The Morgan fingerprint density at radius 2 is 2.05 bits per heavy atom. The summed E-state index contributed by atoms with van der Waals surface area (Å²) in [7, 11) is -3.79. The molecule has 0 aromatic carbocycles. The van der Waals surface area contributed by atoms with Gasteiger partial charge in [-0.05, 0) is 24.5 Å². The Kier molecular flexibility index (Phi) is 2.63. The van der Waals surface area contributed by atoms with E-state index in [-0.39, 0.29) is 4.90 Å². The number of hydrogen-bond acceptors (Lipinski definition) is 6. The molecular weight excluding hydrogens is 268 g/mol. The second-order valence-electron chi connectivity index (χ2n) is 4.92. The fourth-order valence-electron chi connectivity index (χ4n) is 2.79. The van der Waals surface area contributed by atoms with Gasteiger partial charge in [-0.15, -0.1) is 0 Å². The van der Waals surface area contributed by atoms with Crippen LogP contribution in [0.15, 0.2) is 23.4 Å². The lowest BCUT2D eigenvalue weighted by Gasteiger charge is -2.42. The highest BCUT2D eigenvalue weighted by molar-refractivity contribution is 7.90. The Balaban J connectivity index is 2.19. The van der Waals surface area contributed by atoms with E-state index in [1.807, 2.05) is 0 Å². The van der Waals surface area contributed by atoms with E-state index in [2.05, 4.69) is 9.71 Å². The summed E-state index contributed by atoms with van der Waals surface area (Å²) in [5.74, 6) is 5.26. The maximum Gasteiger partial charge on any atom is 0.265 e. The Hall–Kier alpha value is -1.51. The highest BCUT2D eigenvalue weighted by atomic mass is 32.2. The Bertz CT molecular complexity index is 635. The van der Waals surface area contributed by atoms with Gasteiger partial charge in [-0.25, -0.2) is 18.1 Å². The average molecular weight is 282 g/mol. The maximum atomic E-state index is 12.3. The van der Waals surface area contributed by atoms with E-state index in [4.69, 9.17) is 5.84 Å². The van der Waals surface area contributed by atoms with Crippen LogP contribution in [0.1, 0.15) is 18.4 Å². The predicted molar refractivity (Wildman–Crippen MR) is 66.2 cm³/mol. The molecule has 0 saturated carbocycles. The standard InChI is InChI=1S/C11H14N4O3S/c12-15-5-2-11(3-6-15)8-1-4-13-7-9(8)19(17,18)14-10(11)16/h1,4,7H,2-3,5-6,12H2,(H,14,16). The number of piperidine rings is 1. The molecule has 7 nitrogen and oxygen atoms in total. The highest BCUT2D eigenvalue weighted by Gasteiger charge is 2.50. The number of fused-ring (bicyclic) bond motifs is 2. The van der Waals surface area contributed by atoms with E-state index in [0.29, 0.717) is 31.5 Å². The molecule has 1 aromatic heterocycles. The van der Waals surface area contributed by atoms with Crippen LogP contribution in [0.4, 0.5) is 0 Å². The van der Waals surface area contributed by atoms with Crippen molar-refractivity contribution < 1.29 is 13.2 Å². The molecule has 3 rings (SSSR count). The predicted octanol–water partition coefficient (Wildman–Crippen LogP) is -0.893. The van der Waals surface area contributed by atoms with E-state index in [0.717, 1.165) is 0 Å². The van der Waals surface area contributed by atoms with Gasteiger partial charge < -0.3 is 0 Å². The molecule has 0 unspecified atom stereocenters. The molecule has 1 spiro atoms. The second kappa shape index (κ2) is 3.99. The monoisotopic (exact) mass is 282 g/mol. The van der Waals surface area contributed by atoms with Crippen molar-refractivity contribution in [2.24, 2.45) is 5.84 Å². The van der Waals surface area contributed by atoms with Crippen molar-refractivity contribution in [3.8, 4) is 0 Å². The third kappa shape index (κ3) is 1.75. The molecule has 8 heteroatoms. The van der Waals surface area contributed by atoms with E-state index < -0.39 is 21.3 Å². The Morgan fingerprint density at radius 1 is 1.37 bits per heavy atom. The summed E-state index contributed by atoms with van der Waals surface area (Å²) in [5, 5.41) is 1.64. The molecular formula is C11H14N4O3S. The van der Waals surface area contributed by atoms with Gasteiger partial charge in [0, 0.05) is 25.5 Å². The third-order valence-corrected chi connectivity index (χ3v) is 5.26. The van der Waals surface area contributed by atoms with Crippen LogP contribution in [0.25, 0.3) is 0 Å². The topological polar surface area (TPSA) is 105 Å². The molecule has 3 heterocycles. The van der Waals surface area contributed by atoms with Gasteiger partial charge in [-0.2, -0.15) is 0 Å². The van der Waals surface area contributed by atoms with Gasteiger partial charge >= 0.3 is 0 Å². The SMILES string of the molecule is NN1CCC2(CC1)C(=O)NS(=O)(=O)c1cnccc12. The van der Waals surface area contributed by atoms with E-state index in [9.17, 15) is 13.2 Å². The summed E-state index contributed by atoms with van der Waals surface area (Å²) in [5.41, 5.74) is -0.265. The van der Waals surface area contributed by atoms with Crippen LogP contribution in [0.3, 0.4) is 0 Å². The first-order valence-corrected chi connectivity index (χ1v) is 7.45. The number of hydrogen-bond donors (Lipinski definition) is 2. The smallest absolute Gasteiger partial charge is 0.265 e. The number of carbonyl (C=O) groups excluding carboxylic acids is 1. The number of amides is 1. The maximum absolute atomic E-state index is 12.3. The molecule has 2 aliphatic heterocycles. The van der Waals surface area contributed by atoms with Crippen molar-refractivity contribution in [2.75, 3.05) is 13.1 Å². The van der Waals surface area contributed by atoms with Crippen molar-refractivity contribution in [1.29, 1.82) is 0 Å². The number of nitrogens with one attached hydrogen (secondary N) is 1. The first kappa shape index (κ1) is 12.5. The fourth-order valence-corrected chi connectivity index (χ4v) is 4.09. The van der Waals surface area contributed by atoms with Gasteiger partial charge in [0.15, 0.2) is 0 Å².